The van der Waals surface area contributed by atoms with Crippen molar-refractivity contribution in [1.29, 1.82) is 0 Å². The Bertz CT molecular complexity index is 454. The summed E-state index contributed by atoms with van der Waals surface area (Å²) in [5.74, 6) is 1.40. The molecule has 1 saturated heterocycles. The first-order valence-corrected chi connectivity index (χ1v) is 8.15. The van der Waals surface area contributed by atoms with E-state index in [-0.39, 0.29) is 11.5 Å². The van der Waals surface area contributed by atoms with Crippen LogP contribution in [0.3, 0.4) is 0 Å². The van der Waals surface area contributed by atoms with Crippen LogP contribution in [0.25, 0.3) is 0 Å². The molecular formula is C15H26N4O2. The number of ether oxygens (including phenoxy) is 1. The highest BCUT2D eigenvalue weighted by molar-refractivity contribution is 5.10. The quantitative estimate of drug-likeness (QED) is 0.889. The number of hydrogen-bond acceptors (Lipinski definition) is 6. The molecule has 2 N–H and O–H groups in total. The standard InChI is InChI=1S/C15H26N4O2/c1-2-7-19-8-9-20-12(10-19)13-17-14(21-18-13)15(11-16)5-3-4-6-15/h12H,2-11,16H2,1H3. The molecule has 0 radical (unpaired) electrons. The fourth-order valence-electron chi connectivity index (χ4n) is 3.52. The Morgan fingerprint density at radius 2 is 2.19 bits per heavy atom. The maximum Gasteiger partial charge on any atom is 0.234 e. The van der Waals surface area contributed by atoms with Crippen LogP contribution in [0, 0.1) is 0 Å². The zero-order chi connectivity index (χ0) is 14.7. The molecule has 6 heteroatoms. The van der Waals surface area contributed by atoms with Gasteiger partial charge in [-0.15, -0.1) is 0 Å². The lowest BCUT2D eigenvalue weighted by Gasteiger charge is -2.31. The van der Waals surface area contributed by atoms with Crippen LogP contribution in [0.15, 0.2) is 4.52 Å². The van der Waals surface area contributed by atoms with E-state index in [1.807, 2.05) is 0 Å². The Morgan fingerprint density at radius 1 is 1.38 bits per heavy atom. The highest BCUT2D eigenvalue weighted by Gasteiger charge is 2.40. The van der Waals surface area contributed by atoms with Gasteiger partial charge >= 0.3 is 0 Å². The van der Waals surface area contributed by atoms with Gasteiger partial charge in [0.05, 0.1) is 12.0 Å². The van der Waals surface area contributed by atoms with Gasteiger partial charge in [0.25, 0.3) is 0 Å². The molecule has 0 aromatic carbocycles. The zero-order valence-corrected chi connectivity index (χ0v) is 12.9. The molecule has 2 fully saturated rings. The van der Waals surface area contributed by atoms with E-state index in [9.17, 15) is 0 Å². The molecule has 118 valence electrons. The molecule has 2 heterocycles. The highest BCUT2D eigenvalue weighted by atomic mass is 16.5. The van der Waals surface area contributed by atoms with E-state index >= 15 is 0 Å². The van der Waals surface area contributed by atoms with Gasteiger partial charge in [-0.1, -0.05) is 24.9 Å². The number of hydrogen-bond donors (Lipinski definition) is 1. The molecule has 2 aliphatic rings. The predicted molar refractivity (Wildman–Crippen MR) is 78.9 cm³/mol. The summed E-state index contributed by atoms with van der Waals surface area (Å²) in [7, 11) is 0. The van der Waals surface area contributed by atoms with Gasteiger partial charge in [-0.25, -0.2) is 0 Å². The van der Waals surface area contributed by atoms with Gasteiger partial charge in [0, 0.05) is 19.6 Å². The van der Waals surface area contributed by atoms with Crippen LogP contribution in [0.1, 0.15) is 56.8 Å². The van der Waals surface area contributed by atoms with Crippen molar-refractivity contribution < 1.29 is 9.26 Å². The summed E-state index contributed by atoms with van der Waals surface area (Å²) in [6, 6.07) is 0. The smallest absolute Gasteiger partial charge is 0.234 e. The minimum atomic E-state index is -0.0942. The lowest BCUT2D eigenvalue weighted by atomic mass is 9.86. The van der Waals surface area contributed by atoms with Crippen molar-refractivity contribution in [2.24, 2.45) is 5.73 Å². The summed E-state index contributed by atoms with van der Waals surface area (Å²) in [6.45, 7) is 6.45. The molecule has 1 aromatic rings. The summed E-state index contributed by atoms with van der Waals surface area (Å²) in [4.78, 5) is 7.05. The molecule has 6 nitrogen and oxygen atoms in total. The lowest BCUT2D eigenvalue weighted by molar-refractivity contribution is -0.0350. The summed E-state index contributed by atoms with van der Waals surface area (Å²) >= 11 is 0. The van der Waals surface area contributed by atoms with Crippen molar-refractivity contribution in [3.05, 3.63) is 11.7 Å². The average molecular weight is 294 g/mol. The third-order valence-electron chi connectivity index (χ3n) is 4.83. The molecule has 1 aliphatic heterocycles. The average Bonchev–Trinajstić information content (AvgIpc) is 3.18. The van der Waals surface area contributed by atoms with Crippen molar-refractivity contribution in [2.45, 2.75) is 50.5 Å². The fourth-order valence-corrected chi connectivity index (χ4v) is 3.52. The van der Waals surface area contributed by atoms with E-state index < -0.39 is 0 Å². The highest BCUT2D eigenvalue weighted by Crippen LogP contribution is 2.39. The third-order valence-corrected chi connectivity index (χ3v) is 4.83. The zero-order valence-electron chi connectivity index (χ0n) is 12.9. The van der Waals surface area contributed by atoms with Crippen molar-refractivity contribution in [1.82, 2.24) is 15.0 Å². The van der Waals surface area contributed by atoms with Crippen molar-refractivity contribution in [2.75, 3.05) is 32.8 Å². The van der Waals surface area contributed by atoms with Gasteiger partial charge < -0.3 is 15.0 Å². The monoisotopic (exact) mass is 294 g/mol. The van der Waals surface area contributed by atoms with Crippen LogP contribution in [0.4, 0.5) is 0 Å². The second kappa shape index (κ2) is 6.42. The maximum absolute atomic E-state index is 5.98. The summed E-state index contributed by atoms with van der Waals surface area (Å²) in [5.41, 5.74) is 5.89. The Labute approximate surface area is 126 Å². The van der Waals surface area contributed by atoms with E-state index in [0.717, 1.165) is 45.5 Å². The van der Waals surface area contributed by atoms with Crippen LogP contribution in [-0.2, 0) is 10.2 Å². The number of aromatic nitrogens is 2. The first-order valence-electron chi connectivity index (χ1n) is 8.15. The number of rotatable bonds is 5. The SMILES string of the molecule is CCCN1CCOC(c2noc(C3(CN)CCCC3)n2)C1. The molecule has 1 aromatic heterocycles. The van der Waals surface area contributed by atoms with Gasteiger partial charge in [0.1, 0.15) is 6.10 Å². The van der Waals surface area contributed by atoms with Gasteiger partial charge in [0.15, 0.2) is 0 Å². The Hall–Kier alpha value is -0.980. The molecule has 1 aliphatic carbocycles. The predicted octanol–water partition coefficient (Wildman–Crippen LogP) is 1.62. The summed E-state index contributed by atoms with van der Waals surface area (Å²) < 4.78 is 11.4. The van der Waals surface area contributed by atoms with Crippen LogP contribution in [-0.4, -0.2) is 47.8 Å². The van der Waals surface area contributed by atoms with Crippen LogP contribution >= 0.6 is 0 Å². The number of nitrogens with zero attached hydrogens (tertiary/aromatic N) is 3. The van der Waals surface area contributed by atoms with Gasteiger partial charge in [-0.3, -0.25) is 4.90 Å². The normalized spacial score (nSPS) is 26.3. The first kappa shape index (κ1) is 14.9. The third kappa shape index (κ3) is 2.98. The Balaban J connectivity index is 1.72. The molecule has 1 atom stereocenters. The van der Waals surface area contributed by atoms with Crippen molar-refractivity contribution >= 4 is 0 Å². The second-order valence-corrected chi connectivity index (χ2v) is 6.31. The second-order valence-electron chi connectivity index (χ2n) is 6.31. The van der Waals surface area contributed by atoms with Crippen LogP contribution < -0.4 is 5.73 Å². The molecule has 0 bridgehead atoms. The van der Waals surface area contributed by atoms with Crippen molar-refractivity contribution in [3.63, 3.8) is 0 Å². The van der Waals surface area contributed by atoms with Gasteiger partial charge in [-0.05, 0) is 25.8 Å². The van der Waals surface area contributed by atoms with Gasteiger partial charge in [0.2, 0.25) is 11.7 Å². The van der Waals surface area contributed by atoms with E-state index in [2.05, 4.69) is 22.0 Å². The fraction of sp³-hybridized carbons (Fsp3) is 0.867. The summed E-state index contributed by atoms with van der Waals surface area (Å²) in [5, 5.41) is 4.18. The minimum absolute atomic E-state index is 0.0703. The van der Waals surface area contributed by atoms with E-state index in [4.69, 9.17) is 15.0 Å². The lowest BCUT2D eigenvalue weighted by Crippen LogP contribution is -2.39. The van der Waals surface area contributed by atoms with E-state index in [0.29, 0.717) is 18.3 Å². The number of morpholine rings is 1. The summed E-state index contributed by atoms with van der Waals surface area (Å²) in [6.07, 6.45) is 5.58. The molecule has 21 heavy (non-hydrogen) atoms. The van der Waals surface area contributed by atoms with Crippen LogP contribution in [0.5, 0.6) is 0 Å². The largest absolute Gasteiger partial charge is 0.367 e. The molecule has 1 unspecified atom stereocenters. The molecule has 0 spiro atoms. The molecule has 0 amide bonds. The van der Waals surface area contributed by atoms with Crippen molar-refractivity contribution in [3.8, 4) is 0 Å². The van der Waals surface area contributed by atoms with E-state index in [1.54, 1.807) is 0 Å². The minimum Gasteiger partial charge on any atom is -0.367 e. The Morgan fingerprint density at radius 3 is 2.90 bits per heavy atom. The molecule has 1 saturated carbocycles. The van der Waals surface area contributed by atoms with Crippen LogP contribution in [0.2, 0.25) is 0 Å². The maximum atomic E-state index is 5.98. The number of nitrogens with two attached hydrogens (primary N) is 1. The molecular weight excluding hydrogens is 268 g/mol. The van der Waals surface area contributed by atoms with Gasteiger partial charge in [-0.2, -0.15) is 4.98 Å². The van der Waals surface area contributed by atoms with E-state index in [1.165, 1.54) is 12.8 Å². The topological polar surface area (TPSA) is 77.4 Å². The first-order chi connectivity index (χ1) is 10.3. The molecule has 3 rings (SSSR count). The Kier molecular flexibility index (Phi) is 4.57.